The van der Waals surface area contributed by atoms with E-state index in [9.17, 15) is 0 Å². The lowest BCUT2D eigenvalue weighted by atomic mass is 10.0. The van der Waals surface area contributed by atoms with Gasteiger partial charge in [-0.1, -0.05) is 6.07 Å². The first-order valence-electron chi connectivity index (χ1n) is 7.26. The summed E-state index contributed by atoms with van der Waals surface area (Å²) in [4.78, 5) is 2.37. The summed E-state index contributed by atoms with van der Waals surface area (Å²) >= 11 is 0. The van der Waals surface area contributed by atoms with Gasteiger partial charge in [0.15, 0.2) is 0 Å². The number of methoxy groups -OCH3 is 3. The molecule has 0 aliphatic carbocycles. The Morgan fingerprint density at radius 3 is 2.19 bits per heavy atom. The summed E-state index contributed by atoms with van der Waals surface area (Å²) in [7, 11) is 5.08. The van der Waals surface area contributed by atoms with Gasteiger partial charge < -0.3 is 19.9 Å². The van der Waals surface area contributed by atoms with Gasteiger partial charge in [-0.3, -0.25) is 4.90 Å². The third kappa shape index (κ3) is 5.91. The molecule has 1 aromatic carbocycles. The molecule has 1 aromatic rings. The number of ether oxygens (including phenoxy) is 3. The van der Waals surface area contributed by atoms with Crippen molar-refractivity contribution in [2.24, 2.45) is 0 Å². The Hall–Kier alpha value is -1.30. The zero-order chi connectivity index (χ0) is 15.7. The van der Waals surface area contributed by atoms with E-state index in [0.717, 1.165) is 38.5 Å². The summed E-state index contributed by atoms with van der Waals surface area (Å²) in [5.74, 6) is 0.724. The summed E-state index contributed by atoms with van der Waals surface area (Å²) in [6, 6.07) is 6.37. The van der Waals surface area contributed by atoms with Crippen LogP contribution in [0.15, 0.2) is 18.2 Å². The minimum atomic E-state index is 0.392. The van der Waals surface area contributed by atoms with Crippen LogP contribution >= 0.6 is 0 Å². The monoisotopic (exact) mass is 296 g/mol. The SMILES string of the molecule is COCCN(CCOC)C(C)Cc1ccc(OC)c(N)c1. The van der Waals surface area contributed by atoms with E-state index in [2.05, 4.69) is 17.9 Å². The number of benzene rings is 1. The topological polar surface area (TPSA) is 57.0 Å². The van der Waals surface area contributed by atoms with Gasteiger partial charge in [0.25, 0.3) is 0 Å². The van der Waals surface area contributed by atoms with Gasteiger partial charge in [-0.25, -0.2) is 0 Å². The Morgan fingerprint density at radius 1 is 1.10 bits per heavy atom. The highest BCUT2D eigenvalue weighted by molar-refractivity contribution is 5.54. The van der Waals surface area contributed by atoms with Gasteiger partial charge in [0.2, 0.25) is 0 Å². The highest BCUT2D eigenvalue weighted by Crippen LogP contribution is 2.23. The Balaban J connectivity index is 2.65. The third-order valence-electron chi connectivity index (χ3n) is 3.61. The second-order valence-corrected chi connectivity index (χ2v) is 5.15. The second-order valence-electron chi connectivity index (χ2n) is 5.15. The maximum Gasteiger partial charge on any atom is 0.141 e. The molecule has 0 heterocycles. The van der Waals surface area contributed by atoms with Crippen molar-refractivity contribution in [3.8, 4) is 5.75 Å². The van der Waals surface area contributed by atoms with Crippen LogP contribution < -0.4 is 10.5 Å². The number of anilines is 1. The van der Waals surface area contributed by atoms with Gasteiger partial charge in [0.1, 0.15) is 5.75 Å². The van der Waals surface area contributed by atoms with Gasteiger partial charge in [-0.05, 0) is 31.0 Å². The first-order valence-corrected chi connectivity index (χ1v) is 7.26. The first-order chi connectivity index (χ1) is 10.1. The highest BCUT2D eigenvalue weighted by Gasteiger charge is 2.14. The molecule has 0 spiro atoms. The number of nitrogens with two attached hydrogens (primary N) is 1. The molecule has 21 heavy (non-hydrogen) atoms. The molecule has 0 aliphatic heterocycles. The van der Waals surface area contributed by atoms with E-state index < -0.39 is 0 Å². The fraction of sp³-hybridized carbons (Fsp3) is 0.625. The molecule has 0 aromatic heterocycles. The normalized spacial score (nSPS) is 12.6. The maximum atomic E-state index is 5.97. The smallest absolute Gasteiger partial charge is 0.141 e. The zero-order valence-electron chi connectivity index (χ0n) is 13.6. The van der Waals surface area contributed by atoms with E-state index in [1.807, 2.05) is 12.1 Å². The molecular formula is C16H28N2O3. The largest absolute Gasteiger partial charge is 0.495 e. The van der Waals surface area contributed by atoms with Crippen LogP contribution in [0.5, 0.6) is 5.75 Å². The van der Waals surface area contributed by atoms with Gasteiger partial charge in [0, 0.05) is 33.4 Å². The molecular weight excluding hydrogens is 268 g/mol. The second kappa shape index (κ2) is 9.60. The lowest BCUT2D eigenvalue weighted by Gasteiger charge is -2.28. The van der Waals surface area contributed by atoms with Crippen LogP contribution in [0.4, 0.5) is 5.69 Å². The van der Waals surface area contributed by atoms with Gasteiger partial charge >= 0.3 is 0 Å². The lowest BCUT2D eigenvalue weighted by molar-refractivity contribution is 0.0919. The molecule has 0 saturated carbocycles. The molecule has 1 rings (SSSR count). The number of rotatable bonds is 10. The van der Waals surface area contributed by atoms with Crippen LogP contribution in [0.2, 0.25) is 0 Å². The van der Waals surface area contributed by atoms with Crippen LogP contribution in [0.25, 0.3) is 0 Å². The third-order valence-corrected chi connectivity index (χ3v) is 3.61. The molecule has 0 amide bonds. The number of hydrogen-bond donors (Lipinski definition) is 1. The van der Waals surface area contributed by atoms with Crippen molar-refractivity contribution in [3.63, 3.8) is 0 Å². The van der Waals surface area contributed by atoms with Crippen molar-refractivity contribution in [1.82, 2.24) is 4.90 Å². The summed E-state index contributed by atoms with van der Waals surface area (Å²) in [5.41, 5.74) is 7.86. The summed E-state index contributed by atoms with van der Waals surface area (Å²) < 4.78 is 15.6. The number of nitrogens with zero attached hydrogens (tertiary/aromatic N) is 1. The Labute approximate surface area is 128 Å². The molecule has 2 N–H and O–H groups in total. The quantitative estimate of drug-likeness (QED) is 0.667. The van der Waals surface area contributed by atoms with Crippen molar-refractivity contribution in [1.29, 1.82) is 0 Å². The summed E-state index contributed by atoms with van der Waals surface area (Å²) in [6.07, 6.45) is 0.932. The van der Waals surface area contributed by atoms with Gasteiger partial charge in [-0.15, -0.1) is 0 Å². The van der Waals surface area contributed by atoms with Crippen molar-refractivity contribution in [3.05, 3.63) is 23.8 Å². The predicted molar refractivity (Wildman–Crippen MR) is 85.9 cm³/mol. The highest BCUT2D eigenvalue weighted by atomic mass is 16.5. The zero-order valence-corrected chi connectivity index (χ0v) is 13.6. The molecule has 120 valence electrons. The minimum Gasteiger partial charge on any atom is -0.495 e. The average Bonchev–Trinajstić information content (AvgIpc) is 2.47. The fourth-order valence-corrected chi connectivity index (χ4v) is 2.35. The maximum absolute atomic E-state index is 5.97. The Morgan fingerprint density at radius 2 is 1.71 bits per heavy atom. The Kier molecular flexibility index (Phi) is 8.12. The molecule has 1 atom stereocenters. The van der Waals surface area contributed by atoms with Gasteiger partial charge in [0.05, 0.1) is 26.0 Å². The van der Waals surface area contributed by atoms with E-state index in [0.29, 0.717) is 11.7 Å². The minimum absolute atomic E-state index is 0.392. The number of nitrogen functional groups attached to an aromatic ring is 1. The summed E-state index contributed by atoms with van der Waals surface area (Å²) in [6.45, 7) is 5.45. The molecule has 5 heteroatoms. The van der Waals surface area contributed by atoms with Crippen LogP contribution in [-0.4, -0.2) is 58.6 Å². The lowest BCUT2D eigenvalue weighted by Crippen LogP contribution is -2.39. The molecule has 0 fully saturated rings. The molecule has 0 radical (unpaired) electrons. The fourth-order valence-electron chi connectivity index (χ4n) is 2.35. The molecule has 5 nitrogen and oxygen atoms in total. The van der Waals surface area contributed by atoms with Crippen LogP contribution in [0, 0.1) is 0 Å². The van der Waals surface area contributed by atoms with E-state index in [1.165, 1.54) is 5.56 Å². The Bertz CT molecular complexity index is 405. The van der Waals surface area contributed by atoms with E-state index in [1.54, 1.807) is 21.3 Å². The van der Waals surface area contributed by atoms with Crippen molar-refractivity contribution >= 4 is 5.69 Å². The molecule has 0 saturated heterocycles. The first kappa shape index (κ1) is 17.8. The van der Waals surface area contributed by atoms with Crippen LogP contribution in [-0.2, 0) is 15.9 Å². The van der Waals surface area contributed by atoms with E-state index in [-0.39, 0.29) is 0 Å². The number of hydrogen-bond acceptors (Lipinski definition) is 5. The summed E-state index contributed by atoms with van der Waals surface area (Å²) in [5, 5.41) is 0. The van der Waals surface area contributed by atoms with E-state index >= 15 is 0 Å². The average molecular weight is 296 g/mol. The van der Waals surface area contributed by atoms with Gasteiger partial charge in [-0.2, -0.15) is 0 Å². The van der Waals surface area contributed by atoms with Crippen molar-refractivity contribution in [2.75, 3.05) is 53.4 Å². The van der Waals surface area contributed by atoms with E-state index in [4.69, 9.17) is 19.9 Å². The molecule has 0 bridgehead atoms. The van der Waals surface area contributed by atoms with Crippen molar-refractivity contribution < 1.29 is 14.2 Å². The van der Waals surface area contributed by atoms with Crippen LogP contribution in [0.3, 0.4) is 0 Å². The van der Waals surface area contributed by atoms with Crippen molar-refractivity contribution in [2.45, 2.75) is 19.4 Å². The molecule has 0 aliphatic rings. The molecule has 1 unspecified atom stereocenters. The standard InChI is InChI=1S/C16H28N2O3/c1-13(18(7-9-19-2)8-10-20-3)11-14-5-6-16(21-4)15(17)12-14/h5-6,12-13H,7-11,17H2,1-4H3. The van der Waals surface area contributed by atoms with Crippen LogP contribution in [0.1, 0.15) is 12.5 Å². The predicted octanol–water partition coefficient (Wildman–Crippen LogP) is 1.80.